The molecule has 0 saturated carbocycles. The lowest BCUT2D eigenvalue weighted by molar-refractivity contribution is 0.0572. The minimum atomic E-state index is -1.27. The van der Waals surface area contributed by atoms with Crippen molar-refractivity contribution in [3.8, 4) is 5.75 Å². The van der Waals surface area contributed by atoms with E-state index in [1.165, 1.54) is 25.1 Å². The molecule has 1 aromatic rings. The van der Waals surface area contributed by atoms with Crippen LogP contribution in [0.5, 0.6) is 5.75 Å². The summed E-state index contributed by atoms with van der Waals surface area (Å²) in [6.45, 7) is 1.53. The zero-order valence-electron chi connectivity index (χ0n) is 6.00. The highest BCUT2D eigenvalue weighted by Crippen LogP contribution is 2.19. The maximum absolute atomic E-state index is 10.4. The summed E-state index contributed by atoms with van der Waals surface area (Å²) in [5, 5.41) is 19.4. The minimum absolute atomic E-state index is 0.0216. The number of hydrogen-bond acceptors (Lipinski definition) is 2. The highest BCUT2D eigenvalue weighted by atomic mass is 16.4. The van der Waals surface area contributed by atoms with E-state index in [4.69, 9.17) is 5.11 Å². The van der Waals surface area contributed by atoms with Gasteiger partial charge in [-0.2, -0.15) is 0 Å². The highest BCUT2D eigenvalue weighted by Gasteiger charge is 2.10. The lowest BCUT2D eigenvalue weighted by Gasteiger charge is -1.99. The second-order valence-electron chi connectivity index (χ2n) is 2.24. The molecule has 3 heteroatoms. The third-order valence-corrected chi connectivity index (χ3v) is 1.53. The molecule has 0 aliphatic heterocycles. The zero-order chi connectivity index (χ0) is 8.43. The highest BCUT2D eigenvalue weighted by molar-refractivity contribution is 5.89. The number of rotatable bonds is 1. The first kappa shape index (κ1) is 7.60. The van der Waals surface area contributed by atoms with E-state index >= 15 is 0 Å². The van der Waals surface area contributed by atoms with E-state index < -0.39 is 5.97 Å². The Hall–Kier alpha value is -1.51. The van der Waals surface area contributed by atoms with Crippen LogP contribution in [-0.4, -0.2) is 11.1 Å². The summed E-state index contributed by atoms with van der Waals surface area (Å²) in [5.74, 6) is -1.29. The summed E-state index contributed by atoms with van der Waals surface area (Å²) in [5.41, 5.74) is 0.373. The molecule has 0 spiro atoms. The summed E-state index contributed by atoms with van der Waals surface area (Å²) in [6.07, 6.45) is 0. The molecule has 1 N–H and O–H groups in total. The fourth-order valence-electron chi connectivity index (χ4n) is 0.845. The van der Waals surface area contributed by atoms with E-state index in [0.29, 0.717) is 5.56 Å². The van der Waals surface area contributed by atoms with Gasteiger partial charge in [0.15, 0.2) is 0 Å². The van der Waals surface area contributed by atoms with E-state index in [9.17, 15) is 9.90 Å². The van der Waals surface area contributed by atoms with Crippen molar-refractivity contribution in [1.29, 1.82) is 0 Å². The Labute approximate surface area is 63.9 Å². The first-order chi connectivity index (χ1) is 5.13. The first-order valence-electron chi connectivity index (χ1n) is 3.13. The minimum Gasteiger partial charge on any atom is -0.508 e. The van der Waals surface area contributed by atoms with Gasteiger partial charge in [-0.1, -0.05) is 6.07 Å². The van der Waals surface area contributed by atoms with E-state index in [1.807, 2.05) is 0 Å². The number of carbonyl (C=O) groups is 1. The van der Waals surface area contributed by atoms with Gasteiger partial charge < -0.3 is 5.11 Å². The van der Waals surface area contributed by atoms with Gasteiger partial charge >= 0.3 is 5.97 Å². The van der Waals surface area contributed by atoms with Crippen LogP contribution in [0.4, 0.5) is 0 Å². The van der Waals surface area contributed by atoms with Crippen LogP contribution >= 0.6 is 0 Å². The molecule has 0 saturated heterocycles. The quantitative estimate of drug-likeness (QED) is 0.657. The monoisotopic (exact) mass is 151 g/mol. The SMILES string of the molecule is Cc1c(O)cccc1C([O])=O. The largest absolute Gasteiger partial charge is 0.508 e. The normalized spacial score (nSPS) is 9.55. The molecule has 0 heterocycles. The number of benzene rings is 1. The van der Waals surface area contributed by atoms with Crippen LogP contribution in [-0.2, 0) is 5.11 Å². The molecule has 3 nitrogen and oxygen atoms in total. The molecule has 0 aromatic heterocycles. The average molecular weight is 151 g/mol. The van der Waals surface area contributed by atoms with Crippen molar-refractivity contribution in [2.45, 2.75) is 6.92 Å². The smallest absolute Gasteiger partial charge is 0.386 e. The predicted octanol–water partition coefficient (Wildman–Crippen LogP) is 1.27. The van der Waals surface area contributed by atoms with Crippen LogP contribution in [0.1, 0.15) is 15.9 Å². The fourth-order valence-corrected chi connectivity index (χ4v) is 0.845. The van der Waals surface area contributed by atoms with Crippen LogP contribution in [0, 0.1) is 6.92 Å². The Balaban J connectivity index is 3.27. The second kappa shape index (κ2) is 2.62. The van der Waals surface area contributed by atoms with Gasteiger partial charge in [-0.15, -0.1) is 0 Å². The maximum Gasteiger partial charge on any atom is 0.386 e. The Kier molecular flexibility index (Phi) is 1.81. The maximum atomic E-state index is 10.4. The molecule has 0 aliphatic rings. The van der Waals surface area contributed by atoms with Crippen molar-refractivity contribution in [3.05, 3.63) is 29.3 Å². The number of aromatic hydroxyl groups is 1. The van der Waals surface area contributed by atoms with Crippen molar-refractivity contribution in [3.63, 3.8) is 0 Å². The van der Waals surface area contributed by atoms with Crippen molar-refractivity contribution >= 4 is 5.97 Å². The molecule has 0 unspecified atom stereocenters. The van der Waals surface area contributed by atoms with E-state index in [0.717, 1.165) is 0 Å². The predicted molar refractivity (Wildman–Crippen MR) is 37.9 cm³/mol. The van der Waals surface area contributed by atoms with Crippen molar-refractivity contribution in [1.82, 2.24) is 0 Å². The summed E-state index contributed by atoms with van der Waals surface area (Å²) in [6, 6.07) is 4.29. The first-order valence-corrected chi connectivity index (χ1v) is 3.13. The van der Waals surface area contributed by atoms with E-state index in [-0.39, 0.29) is 11.3 Å². The molecule has 1 radical (unpaired) electrons. The van der Waals surface area contributed by atoms with E-state index in [1.54, 1.807) is 0 Å². The van der Waals surface area contributed by atoms with Gasteiger partial charge in [0, 0.05) is 5.56 Å². The Morgan fingerprint density at radius 2 is 2.09 bits per heavy atom. The van der Waals surface area contributed by atoms with Crippen LogP contribution in [0.2, 0.25) is 0 Å². The molecule has 11 heavy (non-hydrogen) atoms. The number of phenolic OH excluding ortho intramolecular Hbond substituents is 1. The summed E-state index contributed by atoms with van der Waals surface area (Å²) in [7, 11) is 0. The standard InChI is InChI=1S/C8H7O3/c1-5-6(8(10)11)3-2-4-7(5)9/h2-4,9H,1H3. The van der Waals surface area contributed by atoms with Crippen LogP contribution in [0.25, 0.3) is 0 Å². The van der Waals surface area contributed by atoms with Crippen molar-refractivity contribution < 1.29 is 15.0 Å². The van der Waals surface area contributed by atoms with Gasteiger partial charge in [0.1, 0.15) is 5.75 Å². The molecule has 0 atom stereocenters. The third-order valence-electron chi connectivity index (χ3n) is 1.53. The number of phenols is 1. The van der Waals surface area contributed by atoms with E-state index in [2.05, 4.69) is 0 Å². The topological polar surface area (TPSA) is 57.2 Å². The molecule has 1 rings (SSSR count). The zero-order valence-corrected chi connectivity index (χ0v) is 6.00. The summed E-state index contributed by atoms with van der Waals surface area (Å²) >= 11 is 0. The summed E-state index contributed by atoms with van der Waals surface area (Å²) in [4.78, 5) is 10.4. The molecule has 0 aliphatic carbocycles. The van der Waals surface area contributed by atoms with Crippen LogP contribution in [0.15, 0.2) is 18.2 Å². The van der Waals surface area contributed by atoms with Crippen LogP contribution in [0.3, 0.4) is 0 Å². The van der Waals surface area contributed by atoms with Gasteiger partial charge in [-0.25, -0.2) is 9.90 Å². The third kappa shape index (κ3) is 1.32. The lowest BCUT2D eigenvalue weighted by atomic mass is 10.1. The molecule has 0 fully saturated rings. The fraction of sp³-hybridized carbons (Fsp3) is 0.125. The van der Waals surface area contributed by atoms with Gasteiger partial charge in [0.25, 0.3) is 0 Å². The summed E-state index contributed by atoms with van der Waals surface area (Å²) < 4.78 is 0. The van der Waals surface area contributed by atoms with Gasteiger partial charge in [0.05, 0.1) is 5.56 Å². The molecule has 0 bridgehead atoms. The second-order valence-corrected chi connectivity index (χ2v) is 2.24. The lowest BCUT2D eigenvalue weighted by Crippen LogP contribution is -1.96. The Morgan fingerprint density at radius 1 is 1.45 bits per heavy atom. The van der Waals surface area contributed by atoms with Gasteiger partial charge in [-0.3, -0.25) is 0 Å². The number of hydrogen-bond donors (Lipinski definition) is 1. The van der Waals surface area contributed by atoms with Crippen molar-refractivity contribution in [2.75, 3.05) is 0 Å². The Bertz CT molecular complexity index is 291. The molecular weight excluding hydrogens is 144 g/mol. The molecule has 57 valence electrons. The number of carbonyl (C=O) groups excluding carboxylic acids is 1. The average Bonchev–Trinajstić information content (AvgIpc) is 1.94. The Morgan fingerprint density at radius 3 is 2.55 bits per heavy atom. The molecular formula is C8H7O3. The van der Waals surface area contributed by atoms with Crippen LogP contribution < -0.4 is 0 Å². The van der Waals surface area contributed by atoms with Crippen molar-refractivity contribution in [2.24, 2.45) is 0 Å². The van der Waals surface area contributed by atoms with Gasteiger partial charge in [0.2, 0.25) is 0 Å². The molecule has 1 aromatic carbocycles. The van der Waals surface area contributed by atoms with Gasteiger partial charge in [-0.05, 0) is 19.1 Å². The molecule has 0 amide bonds.